The van der Waals surface area contributed by atoms with Crippen LogP contribution in [0, 0.1) is 24.1 Å². The normalized spacial score (nSPS) is 17.8. The molecule has 2 aliphatic rings. The third kappa shape index (κ3) is 5.66. The number of piperidine rings is 1. The maximum atomic E-state index is 14.3. The summed E-state index contributed by atoms with van der Waals surface area (Å²) in [6, 6.07) is 11.6. The summed E-state index contributed by atoms with van der Waals surface area (Å²) in [6.07, 6.45) is 4.89. The van der Waals surface area contributed by atoms with Crippen LogP contribution in [0.3, 0.4) is 0 Å². The zero-order valence-corrected chi connectivity index (χ0v) is 22.8. The van der Waals surface area contributed by atoms with Crippen molar-refractivity contribution in [3.05, 3.63) is 76.5 Å². The van der Waals surface area contributed by atoms with Gasteiger partial charge >= 0.3 is 5.97 Å². The minimum atomic E-state index is -0.952. The van der Waals surface area contributed by atoms with Crippen molar-refractivity contribution in [1.29, 1.82) is 5.26 Å². The zero-order chi connectivity index (χ0) is 28.5. The number of hydrogen-bond acceptors (Lipinski definition) is 7. The number of fused-ring (bicyclic) bond motifs is 1. The number of aromatic carboxylic acids is 1. The molecule has 1 N–H and O–H groups in total. The average Bonchev–Trinajstić information content (AvgIpc) is 3.49. The molecular formula is C30H31FN6O4. The van der Waals surface area contributed by atoms with E-state index in [2.05, 4.69) is 14.6 Å². The first-order chi connectivity index (χ1) is 19.9. The highest BCUT2D eigenvalue weighted by Gasteiger charge is 2.26. The maximum absolute atomic E-state index is 14.3. The Morgan fingerprint density at radius 1 is 1.22 bits per heavy atom. The standard InChI is InChI=1S/C30H31FN6O4/c1-19-15-37(34-29(19)41-18-22-3-2-20(14-32)12-25(22)31)23-6-9-35(10-7-23)17-28-33-26-5-4-21(30(38)39)13-27(26)36(28)16-24-8-11-40-24/h2-5,12-13,15,23-24H,6-11,16-18H2,1H3,(H,38,39)/t24-/m0/s1. The summed E-state index contributed by atoms with van der Waals surface area (Å²) < 4.78 is 29.8. The molecule has 41 heavy (non-hydrogen) atoms. The summed E-state index contributed by atoms with van der Waals surface area (Å²) in [5.74, 6) is -0.0300. The number of halogens is 1. The summed E-state index contributed by atoms with van der Waals surface area (Å²) >= 11 is 0. The van der Waals surface area contributed by atoms with Crippen molar-refractivity contribution in [3.8, 4) is 11.9 Å². The number of hydrogen-bond donors (Lipinski definition) is 1. The van der Waals surface area contributed by atoms with Crippen molar-refractivity contribution in [3.63, 3.8) is 0 Å². The molecule has 0 aliphatic carbocycles. The number of aryl methyl sites for hydroxylation is 1. The minimum Gasteiger partial charge on any atom is -0.478 e. The smallest absolute Gasteiger partial charge is 0.335 e. The number of carbonyl (C=O) groups is 1. The second kappa shape index (κ2) is 11.3. The Labute approximate surface area is 236 Å². The first-order valence-electron chi connectivity index (χ1n) is 13.8. The van der Waals surface area contributed by atoms with Crippen LogP contribution in [0.15, 0.2) is 42.6 Å². The van der Waals surface area contributed by atoms with Crippen LogP contribution in [0.2, 0.25) is 0 Å². The van der Waals surface area contributed by atoms with E-state index in [0.717, 1.165) is 61.4 Å². The molecule has 2 saturated heterocycles. The van der Waals surface area contributed by atoms with E-state index in [-0.39, 0.29) is 29.9 Å². The van der Waals surface area contributed by atoms with E-state index in [9.17, 15) is 14.3 Å². The molecule has 2 aromatic heterocycles. The highest BCUT2D eigenvalue weighted by atomic mass is 19.1. The molecule has 2 aromatic carbocycles. The molecule has 11 heteroatoms. The molecule has 4 heterocycles. The van der Waals surface area contributed by atoms with Crippen LogP contribution >= 0.6 is 0 Å². The second-order valence-electron chi connectivity index (χ2n) is 10.7. The molecule has 1 atom stereocenters. The van der Waals surface area contributed by atoms with Gasteiger partial charge in [0.2, 0.25) is 5.88 Å². The number of rotatable bonds is 9. The number of ether oxygens (including phenoxy) is 2. The summed E-state index contributed by atoms with van der Waals surface area (Å²) in [6.45, 7) is 5.77. The van der Waals surface area contributed by atoms with E-state index in [0.29, 0.717) is 24.5 Å². The molecule has 0 spiro atoms. The molecule has 0 amide bonds. The molecule has 10 nitrogen and oxygen atoms in total. The highest BCUT2D eigenvalue weighted by Crippen LogP contribution is 2.28. The molecular weight excluding hydrogens is 527 g/mol. The molecule has 4 aromatic rings. The predicted octanol–water partition coefficient (Wildman–Crippen LogP) is 4.46. The maximum Gasteiger partial charge on any atom is 0.335 e. The first kappa shape index (κ1) is 26.9. The van der Waals surface area contributed by atoms with Crippen molar-refractivity contribution in [2.24, 2.45) is 0 Å². The third-order valence-corrected chi connectivity index (χ3v) is 7.97. The summed E-state index contributed by atoms with van der Waals surface area (Å²) in [5.41, 5.74) is 3.40. The van der Waals surface area contributed by atoms with Gasteiger partial charge in [0, 0.05) is 37.0 Å². The van der Waals surface area contributed by atoms with E-state index in [1.54, 1.807) is 30.3 Å². The van der Waals surface area contributed by atoms with Gasteiger partial charge in [0.05, 0.1) is 53.5 Å². The van der Waals surface area contributed by atoms with Gasteiger partial charge in [-0.2, -0.15) is 5.26 Å². The van der Waals surface area contributed by atoms with E-state index >= 15 is 0 Å². The number of nitrogens with zero attached hydrogens (tertiary/aromatic N) is 6. The van der Waals surface area contributed by atoms with Crippen LogP contribution in [0.5, 0.6) is 5.88 Å². The van der Waals surface area contributed by atoms with E-state index in [1.807, 2.05) is 23.9 Å². The molecule has 2 fully saturated rings. The third-order valence-electron chi connectivity index (χ3n) is 7.97. The van der Waals surface area contributed by atoms with Crippen molar-refractivity contribution in [2.75, 3.05) is 19.7 Å². The Balaban J connectivity index is 1.10. The molecule has 2 aliphatic heterocycles. The van der Waals surface area contributed by atoms with Crippen LogP contribution < -0.4 is 4.74 Å². The lowest BCUT2D eigenvalue weighted by molar-refractivity contribution is -0.0592. The molecule has 0 unspecified atom stereocenters. The van der Waals surface area contributed by atoms with Gasteiger partial charge in [-0.3, -0.25) is 9.58 Å². The average molecular weight is 559 g/mol. The lowest BCUT2D eigenvalue weighted by atomic mass is 10.1. The van der Waals surface area contributed by atoms with E-state index < -0.39 is 11.8 Å². The number of carboxylic acids is 1. The predicted molar refractivity (Wildman–Crippen MR) is 147 cm³/mol. The van der Waals surface area contributed by atoms with Gasteiger partial charge in [-0.25, -0.2) is 14.2 Å². The Morgan fingerprint density at radius 3 is 2.71 bits per heavy atom. The lowest BCUT2D eigenvalue weighted by Gasteiger charge is -2.32. The van der Waals surface area contributed by atoms with Crippen molar-refractivity contribution in [1.82, 2.24) is 24.2 Å². The van der Waals surface area contributed by atoms with Gasteiger partial charge in [-0.15, -0.1) is 5.10 Å². The molecule has 0 radical (unpaired) electrons. The van der Waals surface area contributed by atoms with Gasteiger partial charge in [0.1, 0.15) is 18.2 Å². The van der Waals surface area contributed by atoms with Gasteiger partial charge in [-0.05, 0) is 56.5 Å². The van der Waals surface area contributed by atoms with Gasteiger partial charge in [-0.1, -0.05) is 6.07 Å². The number of benzene rings is 2. The molecule has 0 saturated carbocycles. The van der Waals surface area contributed by atoms with Crippen LogP contribution in [0.1, 0.15) is 58.2 Å². The SMILES string of the molecule is Cc1cn(C2CCN(Cc3nc4ccc(C(=O)O)cc4n3C[C@@H]3CCO3)CC2)nc1OCc1ccc(C#N)cc1F. The Kier molecular flexibility index (Phi) is 7.43. The Hall–Kier alpha value is -4.27. The lowest BCUT2D eigenvalue weighted by Crippen LogP contribution is -2.36. The van der Waals surface area contributed by atoms with Crippen LogP contribution in [-0.2, 0) is 24.4 Å². The second-order valence-corrected chi connectivity index (χ2v) is 10.7. The Morgan fingerprint density at radius 2 is 2.02 bits per heavy atom. The summed E-state index contributed by atoms with van der Waals surface area (Å²) in [5, 5.41) is 23.1. The molecule has 212 valence electrons. The van der Waals surface area contributed by atoms with Crippen molar-refractivity contribution in [2.45, 2.75) is 58.0 Å². The topological polar surface area (TPSA) is 118 Å². The van der Waals surface area contributed by atoms with Crippen LogP contribution in [-0.4, -0.2) is 61.1 Å². The number of likely N-dealkylation sites (tertiary alicyclic amines) is 1. The zero-order valence-electron chi connectivity index (χ0n) is 22.8. The van der Waals surface area contributed by atoms with E-state index in [4.69, 9.17) is 19.7 Å². The highest BCUT2D eigenvalue weighted by molar-refractivity contribution is 5.92. The number of imidazole rings is 1. The molecule has 6 rings (SSSR count). The van der Waals surface area contributed by atoms with Gasteiger partial charge < -0.3 is 19.1 Å². The minimum absolute atomic E-state index is 0.0364. The molecule has 0 bridgehead atoms. The summed E-state index contributed by atoms with van der Waals surface area (Å²) in [4.78, 5) is 18.8. The fourth-order valence-electron chi connectivity index (χ4n) is 5.48. The van der Waals surface area contributed by atoms with Crippen LogP contribution in [0.25, 0.3) is 11.0 Å². The fraction of sp³-hybridized carbons (Fsp3) is 0.400. The number of aromatic nitrogens is 4. The van der Waals surface area contributed by atoms with Gasteiger partial charge in [0.15, 0.2) is 0 Å². The van der Waals surface area contributed by atoms with Crippen LogP contribution in [0.4, 0.5) is 4.39 Å². The quantitative estimate of drug-likeness (QED) is 0.320. The number of nitriles is 1. The van der Waals surface area contributed by atoms with Gasteiger partial charge in [0.25, 0.3) is 0 Å². The van der Waals surface area contributed by atoms with E-state index in [1.165, 1.54) is 6.07 Å². The first-order valence-corrected chi connectivity index (χ1v) is 13.8. The fourth-order valence-corrected chi connectivity index (χ4v) is 5.48. The largest absolute Gasteiger partial charge is 0.478 e. The van der Waals surface area contributed by atoms with Crippen molar-refractivity contribution < 1.29 is 23.8 Å². The van der Waals surface area contributed by atoms with Crippen molar-refractivity contribution >= 4 is 17.0 Å². The summed E-state index contributed by atoms with van der Waals surface area (Å²) in [7, 11) is 0. The Bertz CT molecular complexity index is 1630. The number of carboxylic acid groups (broad SMARTS) is 1. The monoisotopic (exact) mass is 558 g/mol.